The molecular formula is C6H12ClNO3. The summed E-state index contributed by atoms with van der Waals surface area (Å²) in [6.07, 6.45) is -0.981. The molecule has 4 nitrogen and oxygen atoms in total. The van der Waals surface area contributed by atoms with Gasteiger partial charge in [0.15, 0.2) is 0 Å². The van der Waals surface area contributed by atoms with Gasteiger partial charge in [-0.15, -0.1) is 0 Å². The zero-order chi connectivity index (χ0) is 8.65. The molecule has 1 rings (SSSR count). The zero-order valence-electron chi connectivity index (χ0n) is 6.24. The topological polar surface area (TPSA) is 63.9 Å². The van der Waals surface area contributed by atoms with Gasteiger partial charge >= 0.3 is 0 Å². The molecule has 1 aliphatic heterocycles. The molecule has 1 saturated heterocycles. The van der Waals surface area contributed by atoms with Crippen LogP contribution in [-0.2, 0) is 0 Å². The van der Waals surface area contributed by atoms with Crippen LogP contribution in [0.3, 0.4) is 0 Å². The maximum Gasteiger partial charge on any atom is 0.103 e. The molecule has 3 N–H and O–H groups in total. The van der Waals surface area contributed by atoms with Gasteiger partial charge in [0.1, 0.15) is 11.7 Å². The van der Waals surface area contributed by atoms with E-state index in [-0.39, 0.29) is 13.2 Å². The van der Waals surface area contributed by atoms with Crippen LogP contribution in [0.2, 0.25) is 0 Å². The molecule has 0 saturated carbocycles. The minimum Gasteiger partial charge on any atom is -0.395 e. The highest BCUT2D eigenvalue weighted by Gasteiger charge is 2.47. The lowest BCUT2D eigenvalue weighted by Gasteiger charge is -2.21. The van der Waals surface area contributed by atoms with E-state index in [1.54, 1.807) is 0 Å². The first kappa shape index (κ1) is 9.22. The Hall–Kier alpha value is 0.130. The smallest absolute Gasteiger partial charge is 0.103 e. The summed E-state index contributed by atoms with van der Waals surface area (Å²) in [4.78, 5) is 0. The number of hydrogen-bond acceptors (Lipinski definition) is 4. The Balaban J connectivity index is 2.71. The Bertz CT molecular complexity index is 153. The molecule has 0 radical (unpaired) electrons. The molecule has 3 atom stereocenters. The lowest BCUT2D eigenvalue weighted by Crippen LogP contribution is -2.42. The van der Waals surface area contributed by atoms with Gasteiger partial charge in [-0.1, -0.05) is 0 Å². The SMILES string of the molecule is C[C@]1(O)CN(Cl)[C@H](CO)[C@H]1O. The van der Waals surface area contributed by atoms with E-state index in [9.17, 15) is 10.2 Å². The number of β-amino-alcohol motifs (C(OH)–C–C–N with tert-alkyl or cyclic N) is 1. The van der Waals surface area contributed by atoms with Gasteiger partial charge in [-0.05, 0) is 18.7 Å². The summed E-state index contributed by atoms with van der Waals surface area (Å²) in [5.74, 6) is 0. The molecule has 11 heavy (non-hydrogen) atoms. The predicted octanol–water partition coefficient (Wildman–Crippen LogP) is -1.07. The van der Waals surface area contributed by atoms with Gasteiger partial charge in [0.05, 0.1) is 12.6 Å². The molecule has 0 aliphatic carbocycles. The second-order valence-electron chi connectivity index (χ2n) is 3.11. The summed E-state index contributed by atoms with van der Waals surface area (Å²) in [6, 6.07) is -0.563. The van der Waals surface area contributed by atoms with Crippen LogP contribution < -0.4 is 0 Å². The number of aliphatic hydroxyl groups excluding tert-OH is 2. The van der Waals surface area contributed by atoms with Crippen LogP contribution in [-0.4, -0.2) is 50.6 Å². The van der Waals surface area contributed by atoms with Crippen molar-refractivity contribution in [2.24, 2.45) is 0 Å². The van der Waals surface area contributed by atoms with Crippen molar-refractivity contribution >= 4 is 11.8 Å². The van der Waals surface area contributed by atoms with Crippen molar-refractivity contribution in [1.82, 2.24) is 4.42 Å². The molecule has 5 heteroatoms. The first-order valence-electron chi connectivity index (χ1n) is 3.43. The van der Waals surface area contributed by atoms with E-state index < -0.39 is 17.7 Å². The third-order valence-electron chi connectivity index (χ3n) is 2.02. The maximum atomic E-state index is 9.45. The average Bonchev–Trinajstić information content (AvgIpc) is 2.04. The standard InChI is InChI=1S/C6H12ClNO3/c1-6(11)3-8(7)4(2-9)5(6)10/h4-5,9-11H,2-3H2,1H3/t4-,5-,6+/m1/s1. The van der Waals surface area contributed by atoms with Crippen molar-refractivity contribution in [3.8, 4) is 0 Å². The summed E-state index contributed by atoms with van der Waals surface area (Å²) in [7, 11) is 0. The predicted molar refractivity (Wildman–Crippen MR) is 40.1 cm³/mol. The highest BCUT2D eigenvalue weighted by Crippen LogP contribution is 2.28. The summed E-state index contributed by atoms with van der Waals surface area (Å²) in [5.41, 5.74) is -1.21. The van der Waals surface area contributed by atoms with E-state index in [1.807, 2.05) is 0 Å². The van der Waals surface area contributed by atoms with E-state index in [0.29, 0.717) is 0 Å². The molecule has 0 unspecified atom stereocenters. The largest absolute Gasteiger partial charge is 0.395 e. The lowest BCUT2D eigenvalue weighted by atomic mass is 10.00. The second-order valence-corrected chi connectivity index (χ2v) is 3.54. The normalized spacial score (nSPS) is 46.6. The van der Waals surface area contributed by atoms with E-state index >= 15 is 0 Å². The van der Waals surface area contributed by atoms with Crippen molar-refractivity contribution in [3.63, 3.8) is 0 Å². The average molecular weight is 182 g/mol. The third-order valence-corrected chi connectivity index (χ3v) is 2.39. The highest BCUT2D eigenvalue weighted by atomic mass is 35.5. The molecule has 1 fully saturated rings. The zero-order valence-corrected chi connectivity index (χ0v) is 6.99. The van der Waals surface area contributed by atoms with Crippen LogP contribution in [0.4, 0.5) is 0 Å². The van der Waals surface area contributed by atoms with Gasteiger partial charge in [0.25, 0.3) is 0 Å². The van der Waals surface area contributed by atoms with E-state index in [2.05, 4.69) is 0 Å². The third kappa shape index (κ3) is 1.50. The molecule has 0 aromatic heterocycles. The quantitative estimate of drug-likeness (QED) is 0.451. The Morgan fingerprint density at radius 3 is 2.45 bits per heavy atom. The van der Waals surface area contributed by atoms with Crippen LogP contribution in [0.15, 0.2) is 0 Å². The van der Waals surface area contributed by atoms with Gasteiger partial charge in [0.2, 0.25) is 0 Å². The summed E-state index contributed by atoms with van der Waals surface area (Å²) >= 11 is 5.61. The van der Waals surface area contributed by atoms with Crippen molar-refractivity contribution in [2.75, 3.05) is 13.2 Å². The van der Waals surface area contributed by atoms with Gasteiger partial charge in [0, 0.05) is 6.54 Å². The summed E-state index contributed by atoms with van der Waals surface area (Å²) in [5, 5.41) is 27.5. The van der Waals surface area contributed by atoms with E-state index in [4.69, 9.17) is 16.9 Å². The summed E-state index contributed by atoms with van der Waals surface area (Å²) < 4.78 is 1.23. The van der Waals surface area contributed by atoms with Gasteiger partial charge in [-0.25, -0.2) is 4.42 Å². The first-order valence-corrected chi connectivity index (χ1v) is 3.76. The van der Waals surface area contributed by atoms with Gasteiger partial charge in [-0.3, -0.25) is 0 Å². The Kier molecular flexibility index (Phi) is 2.41. The molecule has 66 valence electrons. The first-order chi connectivity index (χ1) is 4.99. The van der Waals surface area contributed by atoms with Crippen molar-refractivity contribution in [3.05, 3.63) is 0 Å². The molecule has 0 aromatic carbocycles. The molecule has 0 bridgehead atoms. The molecule has 0 spiro atoms. The fourth-order valence-corrected chi connectivity index (χ4v) is 1.68. The van der Waals surface area contributed by atoms with Crippen LogP contribution in [0.5, 0.6) is 0 Å². The lowest BCUT2D eigenvalue weighted by molar-refractivity contribution is -0.0413. The van der Waals surface area contributed by atoms with E-state index in [0.717, 1.165) is 0 Å². The van der Waals surface area contributed by atoms with Crippen molar-refractivity contribution in [1.29, 1.82) is 0 Å². The number of rotatable bonds is 1. The Morgan fingerprint density at radius 2 is 2.27 bits per heavy atom. The second kappa shape index (κ2) is 2.88. The Morgan fingerprint density at radius 1 is 1.73 bits per heavy atom. The molecule has 0 amide bonds. The molecule has 1 aliphatic rings. The molecule has 1 heterocycles. The Labute approximate surface area is 70.1 Å². The minimum absolute atomic E-state index is 0.168. The highest BCUT2D eigenvalue weighted by molar-refractivity contribution is 6.13. The van der Waals surface area contributed by atoms with Gasteiger partial charge < -0.3 is 15.3 Å². The maximum absolute atomic E-state index is 9.45. The minimum atomic E-state index is -1.21. The van der Waals surface area contributed by atoms with Crippen molar-refractivity contribution < 1.29 is 15.3 Å². The molecular weight excluding hydrogens is 170 g/mol. The monoisotopic (exact) mass is 181 g/mol. The van der Waals surface area contributed by atoms with E-state index in [1.165, 1.54) is 11.3 Å². The van der Waals surface area contributed by atoms with Crippen molar-refractivity contribution in [2.45, 2.75) is 24.7 Å². The fourth-order valence-electron chi connectivity index (χ4n) is 1.27. The number of hydrogen-bond donors (Lipinski definition) is 3. The van der Waals surface area contributed by atoms with Gasteiger partial charge in [-0.2, -0.15) is 0 Å². The number of halogens is 1. The van der Waals surface area contributed by atoms with Crippen LogP contribution in [0.25, 0.3) is 0 Å². The summed E-state index contributed by atoms with van der Waals surface area (Å²) in [6.45, 7) is 1.41. The molecule has 0 aromatic rings. The van der Waals surface area contributed by atoms with Crippen LogP contribution in [0.1, 0.15) is 6.92 Å². The van der Waals surface area contributed by atoms with Crippen LogP contribution in [0, 0.1) is 0 Å². The number of nitrogens with zero attached hydrogens (tertiary/aromatic N) is 1. The number of aliphatic hydroxyl groups is 3. The van der Waals surface area contributed by atoms with Crippen LogP contribution >= 0.6 is 11.8 Å². The fraction of sp³-hybridized carbons (Fsp3) is 1.00.